The summed E-state index contributed by atoms with van der Waals surface area (Å²) in [6.07, 6.45) is 4.38. The molecular formula is C12H14ClN3O2. The lowest BCUT2D eigenvalue weighted by molar-refractivity contribution is 0.0593. The topological polar surface area (TPSA) is 64.1 Å². The van der Waals surface area contributed by atoms with Crippen LogP contribution in [0.1, 0.15) is 47.9 Å². The van der Waals surface area contributed by atoms with Crippen molar-refractivity contribution in [1.29, 1.82) is 0 Å². The number of nitrogens with zero attached hydrogens (tertiary/aromatic N) is 2. The van der Waals surface area contributed by atoms with E-state index in [0.717, 1.165) is 25.7 Å². The molecular weight excluding hydrogens is 254 g/mol. The van der Waals surface area contributed by atoms with E-state index in [1.807, 2.05) is 0 Å². The third-order valence-corrected chi connectivity index (χ3v) is 3.47. The van der Waals surface area contributed by atoms with Crippen LogP contribution in [0.25, 0.3) is 0 Å². The molecule has 2 saturated carbocycles. The molecule has 1 heterocycles. The van der Waals surface area contributed by atoms with Crippen molar-refractivity contribution in [3.05, 3.63) is 16.5 Å². The normalized spacial score (nSPS) is 18.6. The smallest absolute Gasteiger partial charge is 0.358 e. The van der Waals surface area contributed by atoms with Crippen LogP contribution in [0.5, 0.6) is 0 Å². The van der Waals surface area contributed by atoms with Crippen molar-refractivity contribution in [2.75, 3.05) is 12.4 Å². The van der Waals surface area contributed by atoms with Gasteiger partial charge in [-0.25, -0.2) is 14.8 Å². The van der Waals surface area contributed by atoms with Gasteiger partial charge in [0.05, 0.1) is 7.11 Å². The summed E-state index contributed by atoms with van der Waals surface area (Å²) < 4.78 is 4.71. The number of anilines is 1. The van der Waals surface area contributed by atoms with E-state index >= 15 is 0 Å². The molecule has 2 aliphatic rings. The van der Waals surface area contributed by atoms with Gasteiger partial charge in [0.25, 0.3) is 0 Å². The van der Waals surface area contributed by atoms with E-state index < -0.39 is 5.97 Å². The van der Waals surface area contributed by atoms with E-state index in [-0.39, 0.29) is 10.7 Å². The van der Waals surface area contributed by atoms with Gasteiger partial charge in [-0.15, -0.1) is 0 Å². The maximum atomic E-state index is 11.7. The van der Waals surface area contributed by atoms with Crippen LogP contribution in [0.4, 0.5) is 5.82 Å². The van der Waals surface area contributed by atoms with Crippen LogP contribution in [0.3, 0.4) is 0 Å². The average Bonchev–Trinajstić information content (AvgIpc) is 3.23. The Labute approximate surface area is 110 Å². The molecule has 96 valence electrons. The van der Waals surface area contributed by atoms with Crippen LogP contribution in [0.2, 0.25) is 5.02 Å². The Bertz CT molecular complexity index is 498. The third-order valence-electron chi connectivity index (χ3n) is 3.11. The molecule has 0 atom stereocenters. The van der Waals surface area contributed by atoms with Crippen LogP contribution in [-0.2, 0) is 4.74 Å². The summed E-state index contributed by atoms with van der Waals surface area (Å²) >= 11 is 6.16. The van der Waals surface area contributed by atoms with Crippen LogP contribution < -0.4 is 5.32 Å². The first kappa shape index (κ1) is 11.7. The van der Waals surface area contributed by atoms with Gasteiger partial charge < -0.3 is 10.1 Å². The molecule has 1 N–H and O–H groups in total. The molecule has 3 rings (SSSR count). The second-order valence-corrected chi connectivity index (χ2v) is 5.16. The lowest BCUT2D eigenvalue weighted by Crippen LogP contribution is -2.13. The van der Waals surface area contributed by atoms with Crippen molar-refractivity contribution in [3.8, 4) is 0 Å². The Morgan fingerprint density at radius 2 is 2.06 bits per heavy atom. The summed E-state index contributed by atoms with van der Waals surface area (Å²) in [5, 5.41) is 3.50. The average molecular weight is 268 g/mol. The summed E-state index contributed by atoms with van der Waals surface area (Å²) in [5.41, 5.74) is 0.166. The molecule has 0 unspecified atom stereocenters. The first-order valence-electron chi connectivity index (χ1n) is 6.11. The molecule has 0 spiro atoms. The molecule has 0 radical (unpaired) electrons. The van der Waals surface area contributed by atoms with Crippen molar-refractivity contribution < 1.29 is 9.53 Å². The standard InChI is InChI=1S/C12H14ClN3O2/c1-18-12(17)9-8(13)11(14-7-4-5-7)16-10(15-9)6-2-3-6/h6-7H,2-5H2,1H3,(H,14,15,16). The summed E-state index contributed by atoms with van der Waals surface area (Å²) in [7, 11) is 1.32. The van der Waals surface area contributed by atoms with E-state index in [1.165, 1.54) is 7.11 Å². The molecule has 0 amide bonds. The van der Waals surface area contributed by atoms with Gasteiger partial charge in [-0.05, 0) is 25.7 Å². The molecule has 0 aliphatic heterocycles. The van der Waals surface area contributed by atoms with Crippen LogP contribution in [0, 0.1) is 0 Å². The van der Waals surface area contributed by atoms with Gasteiger partial charge in [0.15, 0.2) is 5.69 Å². The van der Waals surface area contributed by atoms with Crippen molar-refractivity contribution in [1.82, 2.24) is 9.97 Å². The quantitative estimate of drug-likeness (QED) is 0.849. The summed E-state index contributed by atoms with van der Waals surface area (Å²) in [5.74, 6) is 1.12. The van der Waals surface area contributed by atoms with Crippen LogP contribution >= 0.6 is 11.6 Å². The monoisotopic (exact) mass is 267 g/mol. The molecule has 2 aliphatic carbocycles. The van der Waals surface area contributed by atoms with E-state index in [9.17, 15) is 4.79 Å². The second kappa shape index (κ2) is 4.39. The third kappa shape index (κ3) is 2.27. The number of aromatic nitrogens is 2. The first-order chi connectivity index (χ1) is 8.69. The maximum Gasteiger partial charge on any atom is 0.358 e. The highest BCUT2D eigenvalue weighted by molar-refractivity contribution is 6.35. The predicted molar refractivity (Wildman–Crippen MR) is 67.0 cm³/mol. The summed E-state index contributed by atoms with van der Waals surface area (Å²) in [6, 6.07) is 0.426. The number of halogens is 1. The first-order valence-corrected chi connectivity index (χ1v) is 6.49. The number of ether oxygens (including phenoxy) is 1. The van der Waals surface area contributed by atoms with Crippen LogP contribution in [0.15, 0.2) is 0 Å². The van der Waals surface area contributed by atoms with Gasteiger partial charge in [0, 0.05) is 12.0 Å². The maximum absolute atomic E-state index is 11.7. The van der Waals surface area contributed by atoms with Crippen molar-refractivity contribution in [3.63, 3.8) is 0 Å². The molecule has 18 heavy (non-hydrogen) atoms. The zero-order chi connectivity index (χ0) is 12.7. The fourth-order valence-corrected chi connectivity index (χ4v) is 1.95. The van der Waals surface area contributed by atoms with Gasteiger partial charge in [0.2, 0.25) is 0 Å². The highest BCUT2D eigenvalue weighted by atomic mass is 35.5. The predicted octanol–water partition coefficient (Wildman–Crippen LogP) is 2.37. The molecule has 0 saturated heterocycles. The number of carbonyl (C=O) groups excluding carboxylic acids is 1. The number of hydrogen-bond donors (Lipinski definition) is 1. The Balaban J connectivity index is 1.99. The molecule has 1 aromatic rings. The van der Waals surface area contributed by atoms with E-state index in [4.69, 9.17) is 16.3 Å². The number of rotatable bonds is 4. The zero-order valence-electron chi connectivity index (χ0n) is 10.1. The minimum Gasteiger partial charge on any atom is -0.464 e. The number of esters is 1. The molecule has 5 nitrogen and oxygen atoms in total. The molecule has 0 aromatic carbocycles. The Morgan fingerprint density at radius 1 is 1.33 bits per heavy atom. The second-order valence-electron chi connectivity index (χ2n) is 4.78. The van der Waals surface area contributed by atoms with Gasteiger partial charge in [-0.3, -0.25) is 0 Å². The number of methoxy groups -OCH3 is 1. The minimum atomic E-state index is -0.511. The van der Waals surface area contributed by atoms with Crippen molar-refractivity contribution in [2.45, 2.75) is 37.6 Å². The highest BCUT2D eigenvalue weighted by Crippen LogP contribution is 2.40. The zero-order valence-corrected chi connectivity index (χ0v) is 10.8. The van der Waals surface area contributed by atoms with Crippen molar-refractivity contribution >= 4 is 23.4 Å². The number of nitrogens with one attached hydrogen (secondary N) is 1. The Morgan fingerprint density at radius 3 is 2.61 bits per heavy atom. The van der Waals surface area contributed by atoms with Gasteiger partial charge >= 0.3 is 5.97 Å². The number of hydrogen-bond acceptors (Lipinski definition) is 5. The molecule has 6 heteroatoms. The largest absolute Gasteiger partial charge is 0.464 e. The summed E-state index contributed by atoms with van der Waals surface area (Å²) in [4.78, 5) is 20.3. The number of carbonyl (C=O) groups is 1. The fourth-order valence-electron chi connectivity index (χ4n) is 1.74. The highest BCUT2D eigenvalue weighted by Gasteiger charge is 2.31. The Kier molecular flexibility index (Phi) is 2.86. The van der Waals surface area contributed by atoms with Crippen LogP contribution in [-0.4, -0.2) is 29.1 Å². The van der Waals surface area contributed by atoms with Gasteiger partial charge in [0.1, 0.15) is 16.7 Å². The minimum absolute atomic E-state index is 0.166. The van der Waals surface area contributed by atoms with Gasteiger partial charge in [-0.1, -0.05) is 11.6 Å². The molecule has 1 aromatic heterocycles. The van der Waals surface area contributed by atoms with E-state index in [1.54, 1.807) is 0 Å². The lowest BCUT2D eigenvalue weighted by atomic mass is 10.3. The van der Waals surface area contributed by atoms with E-state index in [0.29, 0.717) is 23.6 Å². The molecule has 2 fully saturated rings. The molecule has 0 bridgehead atoms. The fraction of sp³-hybridized carbons (Fsp3) is 0.583. The Hall–Kier alpha value is -1.36. The lowest BCUT2D eigenvalue weighted by Gasteiger charge is -2.10. The van der Waals surface area contributed by atoms with Crippen molar-refractivity contribution in [2.24, 2.45) is 0 Å². The van der Waals surface area contributed by atoms with Gasteiger partial charge in [-0.2, -0.15) is 0 Å². The SMILES string of the molecule is COC(=O)c1nc(C2CC2)nc(NC2CC2)c1Cl. The summed E-state index contributed by atoms with van der Waals surface area (Å²) in [6.45, 7) is 0. The van der Waals surface area contributed by atoms with E-state index in [2.05, 4.69) is 15.3 Å².